The summed E-state index contributed by atoms with van der Waals surface area (Å²) in [6.07, 6.45) is 0.404. The van der Waals surface area contributed by atoms with E-state index in [4.69, 9.17) is 11.6 Å². The molecule has 2 aromatic carbocycles. The maximum atomic E-state index is 12.8. The van der Waals surface area contributed by atoms with E-state index in [-0.39, 0.29) is 11.6 Å². The van der Waals surface area contributed by atoms with Gasteiger partial charge in [0.25, 0.3) is 0 Å². The maximum absolute atomic E-state index is 12.8. The number of hydrogen-bond donors (Lipinski definition) is 0. The Kier molecular flexibility index (Phi) is 5.48. The quantitative estimate of drug-likeness (QED) is 0.746. The Morgan fingerprint density at radius 1 is 1.14 bits per heavy atom. The van der Waals surface area contributed by atoms with Crippen molar-refractivity contribution < 1.29 is 9.18 Å². The fourth-order valence-corrected chi connectivity index (χ4v) is 2.34. The number of carbonyl (C=O) groups is 1. The molecule has 0 heterocycles. The Morgan fingerprint density at radius 3 is 2.48 bits per heavy atom. The zero-order chi connectivity index (χ0) is 15.2. The summed E-state index contributed by atoms with van der Waals surface area (Å²) in [7, 11) is 1.93. The molecule has 0 atom stereocenters. The van der Waals surface area contributed by atoms with Gasteiger partial charge in [0.05, 0.1) is 5.02 Å². The molecule has 0 aromatic heterocycles. The molecule has 0 N–H and O–H groups in total. The van der Waals surface area contributed by atoms with Crippen molar-refractivity contribution >= 4 is 17.4 Å². The van der Waals surface area contributed by atoms with Crippen LogP contribution in [-0.4, -0.2) is 24.3 Å². The van der Waals surface area contributed by atoms with Gasteiger partial charge in [0.15, 0.2) is 5.78 Å². The Labute approximate surface area is 129 Å². The van der Waals surface area contributed by atoms with Crippen LogP contribution in [0.5, 0.6) is 0 Å². The predicted molar refractivity (Wildman–Crippen MR) is 83.1 cm³/mol. The molecule has 0 aliphatic heterocycles. The van der Waals surface area contributed by atoms with Gasteiger partial charge in [-0.25, -0.2) is 4.39 Å². The molecule has 0 bridgehead atoms. The highest BCUT2D eigenvalue weighted by Gasteiger charge is 2.10. The number of benzene rings is 2. The largest absolute Gasteiger partial charge is 0.302 e. The predicted octanol–water partition coefficient (Wildman–Crippen LogP) is 4.18. The van der Waals surface area contributed by atoms with E-state index >= 15 is 0 Å². The van der Waals surface area contributed by atoms with Gasteiger partial charge in [-0.05, 0) is 36.9 Å². The molecule has 0 amide bonds. The highest BCUT2D eigenvalue weighted by molar-refractivity contribution is 6.33. The lowest BCUT2D eigenvalue weighted by Crippen LogP contribution is -2.21. The summed E-state index contributed by atoms with van der Waals surface area (Å²) in [4.78, 5) is 14.1. The van der Waals surface area contributed by atoms with Gasteiger partial charge in [-0.2, -0.15) is 0 Å². The molecule has 0 aliphatic carbocycles. The van der Waals surface area contributed by atoms with E-state index in [1.54, 1.807) is 36.4 Å². The molecular weight excluding hydrogens is 289 g/mol. The van der Waals surface area contributed by atoms with Crippen molar-refractivity contribution in [2.45, 2.75) is 13.0 Å². The molecule has 4 heteroatoms. The van der Waals surface area contributed by atoms with Crippen molar-refractivity contribution in [3.05, 3.63) is 70.5 Å². The molecule has 0 fully saturated rings. The minimum absolute atomic E-state index is 0.0338. The highest BCUT2D eigenvalue weighted by Crippen LogP contribution is 2.17. The van der Waals surface area contributed by atoms with E-state index in [1.807, 2.05) is 11.9 Å². The van der Waals surface area contributed by atoms with Gasteiger partial charge in [-0.1, -0.05) is 35.9 Å². The number of rotatable bonds is 6. The second-order valence-electron chi connectivity index (χ2n) is 5.02. The monoisotopic (exact) mass is 305 g/mol. The average Bonchev–Trinajstić information content (AvgIpc) is 2.48. The fraction of sp³-hybridized carbons (Fsp3) is 0.235. The summed E-state index contributed by atoms with van der Waals surface area (Å²) in [6, 6.07) is 13.5. The average molecular weight is 306 g/mol. The number of carbonyl (C=O) groups excluding carboxylic acids is 1. The molecule has 0 radical (unpaired) electrons. The Bertz CT molecular complexity index is 612. The smallest absolute Gasteiger partial charge is 0.165 e. The van der Waals surface area contributed by atoms with Crippen molar-refractivity contribution in [2.24, 2.45) is 0 Å². The minimum atomic E-state index is -0.240. The summed E-state index contributed by atoms with van der Waals surface area (Å²) in [5, 5.41) is 0.490. The fourth-order valence-electron chi connectivity index (χ4n) is 2.09. The van der Waals surface area contributed by atoms with Crippen LogP contribution in [0.2, 0.25) is 5.02 Å². The van der Waals surface area contributed by atoms with Gasteiger partial charge >= 0.3 is 0 Å². The highest BCUT2D eigenvalue weighted by atomic mass is 35.5. The first-order valence-corrected chi connectivity index (χ1v) is 7.15. The lowest BCUT2D eigenvalue weighted by Gasteiger charge is -2.16. The van der Waals surface area contributed by atoms with Crippen LogP contribution in [0.3, 0.4) is 0 Å². The van der Waals surface area contributed by atoms with Gasteiger partial charge in [-0.3, -0.25) is 4.79 Å². The molecule has 0 spiro atoms. The summed E-state index contributed by atoms with van der Waals surface area (Å²) >= 11 is 6.01. The number of ketones is 1. The van der Waals surface area contributed by atoms with E-state index in [1.165, 1.54) is 12.1 Å². The molecular formula is C17H17ClFNO. The first-order chi connectivity index (χ1) is 10.1. The third kappa shape index (κ3) is 4.66. The Morgan fingerprint density at radius 2 is 1.81 bits per heavy atom. The topological polar surface area (TPSA) is 20.3 Å². The lowest BCUT2D eigenvalue weighted by atomic mass is 10.1. The SMILES string of the molecule is CN(CCC(=O)c1ccccc1Cl)Cc1ccc(F)cc1. The van der Waals surface area contributed by atoms with Crippen molar-refractivity contribution in [1.29, 1.82) is 0 Å². The van der Waals surface area contributed by atoms with Gasteiger partial charge in [0.2, 0.25) is 0 Å². The van der Waals surface area contributed by atoms with Crippen molar-refractivity contribution in [3.8, 4) is 0 Å². The van der Waals surface area contributed by atoms with Crippen LogP contribution in [0.15, 0.2) is 48.5 Å². The molecule has 2 aromatic rings. The van der Waals surface area contributed by atoms with E-state index in [0.717, 1.165) is 5.56 Å². The van der Waals surface area contributed by atoms with Crippen molar-refractivity contribution in [1.82, 2.24) is 4.90 Å². The van der Waals surface area contributed by atoms with E-state index < -0.39 is 0 Å². The van der Waals surface area contributed by atoms with Crippen LogP contribution >= 0.6 is 11.6 Å². The normalized spacial score (nSPS) is 10.9. The second kappa shape index (κ2) is 7.34. The third-order valence-electron chi connectivity index (χ3n) is 3.26. The van der Waals surface area contributed by atoms with Crippen LogP contribution in [0.4, 0.5) is 4.39 Å². The number of halogens is 2. The van der Waals surface area contributed by atoms with Gasteiger partial charge in [0.1, 0.15) is 5.82 Å². The summed E-state index contributed by atoms with van der Waals surface area (Å²) < 4.78 is 12.8. The van der Waals surface area contributed by atoms with Crippen LogP contribution < -0.4 is 0 Å². The molecule has 2 rings (SSSR count). The third-order valence-corrected chi connectivity index (χ3v) is 3.59. The summed E-state index contributed by atoms with van der Waals surface area (Å²) in [6.45, 7) is 1.30. The van der Waals surface area contributed by atoms with Gasteiger partial charge < -0.3 is 4.90 Å². The van der Waals surface area contributed by atoms with Gasteiger partial charge in [0, 0.05) is 25.1 Å². The molecule has 110 valence electrons. The maximum Gasteiger partial charge on any atom is 0.165 e. The zero-order valence-corrected chi connectivity index (χ0v) is 12.6. The van der Waals surface area contributed by atoms with Crippen LogP contribution in [0.1, 0.15) is 22.3 Å². The molecule has 0 saturated heterocycles. The van der Waals surface area contributed by atoms with E-state index in [2.05, 4.69) is 0 Å². The molecule has 0 saturated carbocycles. The number of Topliss-reactive ketones (excluding diaryl/α,β-unsaturated/α-hetero) is 1. The van der Waals surface area contributed by atoms with E-state index in [9.17, 15) is 9.18 Å². The molecule has 2 nitrogen and oxygen atoms in total. The zero-order valence-electron chi connectivity index (χ0n) is 11.9. The lowest BCUT2D eigenvalue weighted by molar-refractivity contribution is 0.0968. The Balaban J connectivity index is 1.86. The van der Waals surface area contributed by atoms with Crippen LogP contribution in [0.25, 0.3) is 0 Å². The van der Waals surface area contributed by atoms with Crippen molar-refractivity contribution in [3.63, 3.8) is 0 Å². The first-order valence-electron chi connectivity index (χ1n) is 6.77. The van der Waals surface area contributed by atoms with Crippen molar-refractivity contribution in [2.75, 3.05) is 13.6 Å². The standard InChI is InChI=1S/C17H17ClFNO/c1-20(12-13-6-8-14(19)9-7-13)11-10-17(21)15-4-2-3-5-16(15)18/h2-9H,10-12H2,1H3. The number of nitrogens with zero attached hydrogens (tertiary/aromatic N) is 1. The Hall–Kier alpha value is -1.71. The first kappa shape index (κ1) is 15.7. The molecule has 21 heavy (non-hydrogen) atoms. The number of hydrogen-bond acceptors (Lipinski definition) is 2. The van der Waals surface area contributed by atoms with Crippen LogP contribution in [0, 0.1) is 5.82 Å². The van der Waals surface area contributed by atoms with E-state index in [0.29, 0.717) is 30.1 Å². The summed E-state index contributed by atoms with van der Waals surface area (Å²) in [5.41, 5.74) is 1.58. The van der Waals surface area contributed by atoms with Crippen LogP contribution in [-0.2, 0) is 6.54 Å². The molecule has 0 unspecified atom stereocenters. The second-order valence-corrected chi connectivity index (χ2v) is 5.42. The molecule has 0 aliphatic rings. The minimum Gasteiger partial charge on any atom is -0.302 e. The summed E-state index contributed by atoms with van der Waals surface area (Å²) in [5.74, 6) is -0.207. The van der Waals surface area contributed by atoms with Gasteiger partial charge in [-0.15, -0.1) is 0 Å².